The number of thiophene rings is 1. The molecular weight excluding hydrogens is 306 g/mol. The third-order valence-corrected chi connectivity index (χ3v) is 4.75. The zero-order valence-corrected chi connectivity index (χ0v) is 13.1. The van der Waals surface area contributed by atoms with Crippen LogP contribution in [0, 0.1) is 5.92 Å². The average Bonchev–Trinajstić information content (AvgIpc) is 2.71. The minimum absolute atomic E-state index is 0.137. The normalized spacial score (nSPS) is 12.4. The predicted octanol–water partition coefficient (Wildman–Crippen LogP) is 2.86. The van der Waals surface area contributed by atoms with E-state index in [1.165, 1.54) is 23.1 Å². The molecule has 4 nitrogen and oxygen atoms in total. The lowest BCUT2D eigenvalue weighted by Crippen LogP contribution is -2.45. The molecule has 0 fully saturated rings. The minimum atomic E-state index is -1.00. The first kappa shape index (κ1) is 16.3. The predicted molar refractivity (Wildman–Crippen MR) is 79.9 cm³/mol. The summed E-state index contributed by atoms with van der Waals surface area (Å²) in [5.74, 6) is -0.453. The smallest absolute Gasteiger partial charge is 0.326 e. The molecule has 0 aromatic carbocycles. The van der Waals surface area contributed by atoms with Gasteiger partial charge in [0.25, 0.3) is 0 Å². The maximum atomic E-state index is 11.6. The van der Waals surface area contributed by atoms with Crippen LogP contribution < -0.4 is 5.32 Å². The first-order valence-electron chi connectivity index (χ1n) is 5.74. The van der Waals surface area contributed by atoms with E-state index < -0.39 is 12.0 Å². The number of rotatable bonds is 7. The lowest BCUT2D eigenvalue weighted by molar-refractivity contribution is -0.142. The van der Waals surface area contributed by atoms with Crippen molar-refractivity contribution in [3.8, 4) is 0 Å². The molecule has 0 bridgehead atoms. The van der Waals surface area contributed by atoms with Gasteiger partial charge in [-0.15, -0.1) is 23.1 Å². The number of carboxylic acids is 1. The van der Waals surface area contributed by atoms with Gasteiger partial charge in [0.1, 0.15) is 6.04 Å². The Hall–Kier alpha value is -0.720. The Morgan fingerprint density at radius 3 is 2.63 bits per heavy atom. The first-order chi connectivity index (χ1) is 8.90. The topological polar surface area (TPSA) is 66.4 Å². The molecule has 1 aromatic heterocycles. The average molecular weight is 322 g/mol. The number of aliphatic carboxylic acids is 1. The van der Waals surface area contributed by atoms with Gasteiger partial charge in [-0.2, -0.15) is 0 Å². The van der Waals surface area contributed by atoms with Gasteiger partial charge < -0.3 is 10.4 Å². The van der Waals surface area contributed by atoms with Crippen molar-refractivity contribution in [2.45, 2.75) is 25.6 Å². The van der Waals surface area contributed by atoms with Crippen molar-refractivity contribution in [2.24, 2.45) is 5.92 Å². The van der Waals surface area contributed by atoms with Gasteiger partial charge >= 0.3 is 5.97 Å². The van der Waals surface area contributed by atoms with Gasteiger partial charge in [-0.25, -0.2) is 4.79 Å². The van der Waals surface area contributed by atoms with Crippen molar-refractivity contribution in [2.75, 3.05) is 5.75 Å². The van der Waals surface area contributed by atoms with Gasteiger partial charge in [-0.1, -0.05) is 25.4 Å². The number of amides is 1. The van der Waals surface area contributed by atoms with Crippen molar-refractivity contribution in [3.05, 3.63) is 21.3 Å². The number of carboxylic acid groups (broad SMARTS) is 1. The number of halogens is 1. The summed E-state index contributed by atoms with van der Waals surface area (Å²) in [5.41, 5.74) is 0. The van der Waals surface area contributed by atoms with Crippen LogP contribution in [0.15, 0.2) is 12.1 Å². The van der Waals surface area contributed by atoms with E-state index in [2.05, 4.69) is 5.32 Å². The van der Waals surface area contributed by atoms with Crippen molar-refractivity contribution < 1.29 is 14.7 Å². The maximum absolute atomic E-state index is 11.6. The summed E-state index contributed by atoms with van der Waals surface area (Å²) in [5, 5.41) is 11.5. The number of carbonyl (C=O) groups excluding carboxylic acids is 1. The fourth-order valence-corrected chi connectivity index (χ4v) is 3.44. The van der Waals surface area contributed by atoms with E-state index in [1.807, 2.05) is 12.1 Å². The number of thioether (sulfide) groups is 1. The Kier molecular flexibility index (Phi) is 6.68. The molecule has 1 rings (SSSR count). The van der Waals surface area contributed by atoms with E-state index in [0.717, 1.165) is 9.21 Å². The summed E-state index contributed by atoms with van der Waals surface area (Å²) in [6, 6.07) is 2.91. The van der Waals surface area contributed by atoms with E-state index in [9.17, 15) is 9.59 Å². The molecule has 106 valence electrons. The van der Waals surface area contributed by atoms with Crippen molar-refractivity contribution in [1.29, 1.82) is 0 Å². The molecule has 0 unspecified atom stereocenters. The zero-order chi connectivity index (χ0) is 14.4. The van der Waals surface area contributed by atoms with Gasteiger partial charge in [-0.3, -0.25) is 4.79 Å². The van der Waals surface area contributed by atoms with Crippen LogP contribution in [0.5, 0.6) is 0 Å². The van der Waals surface area contributed by atoms with Crippen LogP contribution in [-0.4, -0.2) is 28.8 Å². The Morgan fingerprint density at radius 2 is 2.16 bits per heavy atom. The van der Waals surface area contributed by atoms with Gasteiger partial charge in [0, 0.05) is 10.6 Å². The number of hydrogen-bond donors (Lipinski definition) is 2. The molecule has 0 radical (unpaired) electrons. The monoisotopic (exact) mass is 321 g/mol. The van der Waals surface area contributed by atoms with E-state index in [-0.39, 0.29) is 17.6 Å². The van der Waals surface area contributed by atoms with Gasteiger partial charge in [0.15, 0.2) is 0 Å². The van der Waals surface area contributed by atoms with Crippen molar-refractivity contribution in [3.63, 3.8) is 0 Å². The van der Waals surface area contributed by atoms with E-state index in [1.54, 1.807) is 13.8 Å². The molecule has 0 saturated heterocycles. The van der Waals surface area contributed by atoms with Gasteiger partial charge in [-0.05, 0) is 18.1 Å². The minimum Gasteiger partial charge on any atom is -0.480 e. The molecule has 1 amide bonds. The number of nitrogens with one attached hydrogen (secondary N) is 1. The molecule has 0 aliphatic carbocycles. The molecule has 0 aliphatic rings. The second kappa shape index (κ2) is 7.77. The van der Waals surface area contributed by atoms with E-state index in [0.29, 0.717) is 5.75 Å². The van der Waals surface area contributed by atoms with Gasteiger partial charge in [0.05, 0.1) is 10.1 Å². The number of hydrogen-bond acceptors (Lipinski definition) is 4. The standard InChI is InChI=1S/C12H16ClNO3S2/c1-7(2)11(12(16)17)14-10(15)6-18-5-8-3-4-9(13)19-8/h3-4,7,11H,5-6H2,1-2H3,(H,14,15)(H,16,17)/t11-/m1/s1. The lowest BCUT2D eigenvalue weighted by atomic mass is 10.1. The molecule has 7 heteroatoms. The molecule has 2 N–H and O–H groups in total. The summed E-state index contributed by atoms with van der Waals surface area (Å²) in [4.78, 5) is 23.7. The highest BCUT2D eigenvalue weighted by Gasteiger charge is 2.23. The van der Waals surface area contributed by atoms with Crippen LogP contribution in [0.3, 0.4) is 0 Å². The highest BCUT2D eigenvalue weighted by molar-refractivity contribution is 7.99. The third-order valence-electron chi connectivity index (χ3n) is 2.36. The van der Waals surface area contributed by atoms with Crippen LogP contribution in [-0.2, 0) is 15.3 Å². The Morgan fingerprint density at radius 1 is 1.47 bits per heavy atom. The van der Waals surface area contributed by atoms with Crippen LogP contribution in [0.2, 0.25) is 4.34 Å². The first-order valence-corrected chi connectivity index (χ1v) is 8.09. The Balaban J connectivity index is 2.33. The second-order valence-electron chi connectivity index (χ2n) is 4.33. The van der Waals surface area contributed by atoms with Crippen LogP contribution in [0.4, 0.5) is 0 Å². The fourth-order valence-electron chi connectivity index (χ4n) is 1.40. The molecule has 0 aliphatic heterocycles. The molecule has 19 heavy (non-hydrogen) atoms. The lowest BCUT2D eigenvalue weighted by Gasteiger charge is -2.17. The van der Waals surface area contributed by atoms with Crippen molar-refractivity contribution in [1.82, 2.24) is 5.32 Å². The molecule has 1 atom stereocenters. The highest BCUT2D eigenvalue weighted by Crippen LogP contribution is 2.25. The molecule has 0 saturated carbocycles. The maximum Gasteiger partial charge on any atom is 0.326 e. The van der Waals surface area contributed by atoms with Crippen LogP contribution >= 0.6 is 34.7 Å². The molecule has 0 spiro atoms. The zero-order valence-electron chi connectivity index (χ0n) is 10.7. The second-order valence-corrected chi connectivity index (χ2v) is 7.11. The SMILES string of the molecule is CC(C)[C@@H](NC(=O)CSCc1ccc(Cl)s1)C(=O)O. The summed E-state index contributed by atoms with van der Waals surface area (Å²) in [7, 11) is 0. The fraction of sp³-hybridized carbons (Fsp3) is 0.500. The van der Waals surface area contributed by atoms with E-state index >= 15 is 0 Å². The summed E-state index contributed by atoms with van der Waals surface area (Å²) in [6.45, 7) is 3.53. The Labute approximate surface area is 125 Å². The Bertz CT molecular complexity index is 448. The molecular formula is C12H16ClNO3S2. The van der Waals surface area contributed by atoms with E-state index in [4.69, 9.17) is 16.7 Å². The van der Waals surface area contributed by atoms with Crippen molar-refractivity contribution >= 4 is 46.6 Å². The van der Waals surface area contributed by atoms with Crippen LogP contribution in [0.25, 0.3) is 0 Å². The van der Waals surface area contributed by atoms with Gasteiger partial charge in [0.2, 0.25) is 5.91 Å². The highest BCUT2D eigenvalue weighted by atomic mass is 35.5. The number of carbonyl (C=O) groups is 2. The van der Waals surface area contributed by atoms with Crippen LogP contribution in [0.1, 0.15) is 18.7 Å². The summed E-state index contributed by atoms with van der Waals surface area (Å²) in [6.07, 6.45) is 0. The summed E-state index contributed by atoms with van der Waals surface area (Å²) < 4.78 is 0.728. The molecule has 1 aromatic rings. The summed E-state index contributed by atoms with van der Waals surface area (Å²) >= 11 is 8.73. The third kappa shape index (κ3) is 5.84. The largest absolute Gasteiger partial charge is 0.480 e. The molecule has 1 heterocycles. The quantitative estimate of drug-likeness (QED) is 0.810.